The second-order valence-electron chi connectivity index (χ2n) is 7.99. The molecule has 7 heteroatoms. The number of carbonyl (C=O) groups is 3. The zero-order chi connectivity index (χ0) is 23.4. The molecule has 3 aromatic carbocycles. The van der Waals surface area contributed by atoms with Crippen molar-refractivity contribution in [1.29, 1.82) is 0 Å². The summed E-state index contributed by atoms with van der Waals surface area (Å²) in [5.74, 6) is 0.0388. The molecule has 3 N–H and O–H groups in total. The molecular formula is C26H25N3O4. The first-order valence-corrected chi connectivity index (χ1v) is 10.7. The van der Waals surface area contributed by atoms with Gasteiger partial charge in [-0.1, -0.05) is 36.4 Å². The highest BCUT2D eigenvalue weighted by Gasteiger charge is 2.28. The number of benzene rings is 3. The topological polar surface area (TPSA) is 96.5 Å². The van der Waals surface area contributed by atoms with Gasteiger partial charge >= 0.3 is 0 Å². The molecule has 1 aliphatic rings. The van der Waals surface area contributed by atoms with Crippen LogP contribution in [0.4, 0.5) is 11.4 Å². The molecule has 0 fully saturated rings. The summed E-state index contributed by atoms with van der Waals surface area (Å²) in [6.45, 7) is 3.31. The highest BCUT2D eigenvalue weighted by Crippen LogP contribution is 2.28. The Balaban J connectivity index is 1.39. The second-order valence-corrected chi connectivity index (χ2v) is 7.99. The Bertz CT molecular complexity index is 1180. The van der Waals surface area contributed by atoms with Crippen LogP contribution in [0.5, 0.6) is 5.75 Å². The van der Waals surface area contributed by atoms with Gasteiger partial charge in [-0.25, -0.2) is 0 Å². The molecule has 3 aromatic rings. The molecule has 0 spiro atoms. The van der Waals surface area contributed by atoms with E-state index < -0.39 is 6.10 Å². The van der Waals surface area contributed by atoms with Crippen molar-refractivity contribution < 1.29 is 19.1 Å². The Morgan fingerprint density at radius 2 is 1.64 bits per heavy atom. The normalized spacial score (nSPS) is 15.0. The van der Waals surface area contributed by atoms with E-state index in [0.29, 0.717) is 23.4 Å². The first-order valence-electron chi connectivity index (χ1n) is 10.7. The van der Waals surface area contributed by atoms with E-state index >= 15 is 0 Å². The van der Waals surface area contributed by atoms with Crippen molar-refractivity contribution >= 4 is 29.1 Å². The van der Waals surface area contributed by atoms with E-state index in [4.69, 9.17) is 4.74 Å². The summed E-state index contributed by atoms with van der Waals surface area (Å²) in [6, 6.07) is 21.4. The fourth-order valence-corrected chi connectivity index (χ4v) is 3.74. The van der Waals surface area contributed by atoms with E-state index in [9.17, 15) is 14.4 Å². The average Bonchev–Trinajstić information content (AvgIpc) is 3.23. The van der Waals surface area contributed by atoms with Crippen molar-refractivity contribution in [3.05, 3.63) is 89.5 Å². The third-order valence-electron chi connectivity index (χ3n) is 5.39. The van der Waals surface area contributed by atoms with Crippen molar-refractivity contribution in [2.24, 2.45) is 0 Å². The third-order valence-corrected chi connectivity index (χ3v) is 5.39. The molecule has 3 amide bonds. The lowest BCUT2D eigenvalue weighted by atomic mass is 10.1. The molecule has 7 nitrogen and oxygen atoms in total. The van der Waals surface area contributed by atoms with Crippen LogP contribution in [0, 0.1) is 0 Å². The summed E-state index contributed by atoms with van der Waals surface area (Å²) in [7, 11) is 0. The maximum Gasteiger partial charge on any atom is 0.265 e. The minimum atomic E-state index is -0.601. The predicted molar refractivity (Wildman–Crippen MR) is 126 cm³/mol. The van der Waals surface area contributed by atoms with Gasteiger partial charge in [0, 0.05) is 30.3 Å². The number of ether oxygens (including phenoxy) is 1. The molecule has 1 heterocycles. The molecule has 2 unspecified atom stereocenters. The molecule has 0 saturated carbocycles. The monoisotopic (exact) mass is 443 g/mol. The van der Waals surface area contributed by atoms with Gasteiger partial charge in [-0.05, 0) is 54.4 Å². The molecule has 0 saturated heterocycles. The smallest absolute Gasteiger partial charge is 0.265 e. The van der Waals surface area contributed by atoms with Gasteiger partial charge in [-0.2, -0.15) is 0 Å². The van der Waals surface area contributed by atoms with E-state index in [2.05, 4.69) is 16.0 Å². The molecule has 33 heavy (non-hydrogen) atoms. The molecular weight excluding hydrogens is 418 g/mol. The van der Waals surface area contributed by atoms with Crippen LogP contribution in [0.2, 0.25) is 0 Å². The number of para-hydroxylation sites is 1. The molecule has 0 bridgehead atoms. The first-order chi connectivity index (χ1) is 15.9. The number of anilines is 2. The van der Waals surface area contributed by atoms with E-state index in [1.54, 1.807) is 30.3 Å². The minimum Gasteiger partial charge on any atom is -0.480 e. The van der Waals surface area contributed by atoms with Crippen LogP contribution in [-0.2, 0) is 16.0 Å². The summed E-state index contributed by atoms with van der Waals surface area (Å²) < 4.78 is 5.74. The van der Waals surface area contributed by atoms with Crippen LogP contribution in [0.3, 0.4) is 0 Å². The lowest BCUT2D eigenvalue weighted by Gasteiger charge is -2.16. The third kappa shape index (κ3) is 5.38. The maximum absolute atomic E-state index is 12.8. The van der Waals surface area contributed by atoms with Crippen LogP contribution in [0.15, 0.2) is 72.8 Å². The first kappa shape index (κ1) is 22.1. The number of carbonyl (C=O) groups excluding carboxylic acids is 3. The average molecular weight is 444 g/mol. The molecule has 0 radical (unpaired) electrons. The van der Waals surface area contributed by atoms with E-state index in [0.717, 1.165) is 16.9 Å². The summed E-state index contributed by atoms with van der Waals surface area (Å²) in [4.78, 5) is 36.8. The molecule has 4 rings (SSSR count). The van der Waals surface area contributed by atoms with Gasteiger partial charge in [0.2, 0.25) is 5.91 Å². The Labute approximate surface area is 192 Å². The van der Waals surface area contributed by atoms with Crippen LogP contribution in [-0.4, -0.2) is 23.8 Å². The second kappa shape index (κ2) is 9.56. The summed E-state index contributed by atoms with van der Waals surface area (Å²) in [6.07, 6.45) is -0.0900. The summed E-state index contributed by atoms with van der Waals surface area (Å²) in [5, 5.41) is 8.53. The fraction of sp³-hybridized carbons (Fsp3) is 0.192. The van der Waals surface area contributed by atoms with Crippen molar-refractivity contribution in [2.45, 2.75) is 32.4 Å². The Morgan fingerprint density at radius 1 is 0.909 bits per heavy atom. The number of hydrogen-bond donors (Lipinski definition) is 3. The zero-order valence-corrected chi connectivity index (χ0v) is 18.4. The van der Waals surface area contributed by atoms with Crippen molar-refractivity contribution in [1.82, 2.24) is 5.32 Å². The largest absolute Gasteiger partial charge is 0.480 e. The van der Waals surface area contributed by atoms with Gasteiger partial charge in [-0.15, -0.1) is 0 Å². The number of fused-ring (bicyclic) bond motifs is 1. The SMILES string of the molecule is CC(=O)Nc1cccc(C(C)NC(=O)c2cccc(NC(=O)C3Cc4ccccc4O3)c2)c1. The highest BCUT2D eigenvalue weighted by atomic mass is 16.5. The van der Waals surface area contributed by atoms with E-state index in [1.165, 1.54) is 6.92 Å². The zero-order valence-electron chi connectivity index (χ0n) is 18.4. The maximum atomic E-state index is 12.8. The fourth-order valence-electron chi connectivity index (χ4n) is 3.74. The van der Waals surface area contributed by atoms with Crippen LogP contribution in [0.25, 0.3) is 0 Å². The van der Waals surface area contributed by atoms with E-state index in [-0.39, 0.29) is 23.8 Å². The number of hydrogen-bond acceptors (Lipinski definition) is 4. The van der Waals surface area contributed by atoms with Crippen molar-refractivity contribution in [3.8, 4) is 5.75 Å². The van der Waals surface area contributed by atoms with Crippen molar-refractivity contribution in [2.75, 3.05) is 10.6 Å². The van der Waals surface area contributed by atoms with Gasteiger partial charge < -0.3 is 20.7 Å². The summed E-state index contributed by atoms with van der Waals surface area (Å²) >= 11 is 0. The highest BCUT2D eigenvalue weighted by molar-refractivity contribution is 5.98. The molecule has 1 aliphatic heterocycles. The van der Waals surface area contributed by atoms with Gasteiger partial charge in [0.1, 0.15) is 5.75 Å². The lowest BCUT2D eigenvalue weighted by Crippen LogP contribution is -2.31. The van der Waals surface area contributed by atoms with Crippen LogP contribution < -0.4 is 20.7 Å². The van der Waals surface area contributed by atoms with Gasteiger partial charge in [-0.3, -0.25) is 14.4 Å². The predicted octanol–water partition coefficient (Wildman–Crippen LogP) is 4.08. The standard InChI is InChI=1S/C26H25N3O4/c1-16(18-8-5-10-21(13-18)28-17(2)30)27-25(31)20-9-6-11-22(14-20)29-26(32)24-15-19-7-3-4-12-23(19)33-24/h3-14,16,24H,15H2,1-2H3,(H,27,31)(H,28,30)(H,29,32). The van der Waals surface area contributed by atoms with Gasteiger partial charge in [0.15, 0.2) is 6.10 Å². The van der Waals surface area contributed by atoms with E-state index in [1.807, 2.05) is 49.4 Å². The Morgan fingerprint density at radius 3 is 2.39 bits per heavy atom. The van der Waals surface area contributed by atoms with Crippen LogP contribution in [0.1, 0.15) is 41.4 Å². The lowest BCUT2D eigenvalue weighted by molar-refractivity contribution is -0.122. The number of rotatable bonds is 6. The number of amides is 3. The Hall–Kier alpha value is -4.13. The quantitative estimate of drug-likeness (QED) is 0.535. The van der Waals surface area contributed by atoms with Crippen molar-refractivity contribution in [3.63, 3.8) is 0 Å². The molecule has 0 aromatic heterocycles. The Kier molecular flexibility index (Phi) is 6.40. The molecule has 168 valence electrons. The molecule has 2 atom stereocenters. The van der Waals surface area contributed by atoms with Gasteiger partial charge in [0.05, 0.1) is 6.04 Å². The molecule has 0 aliphatic carbocycles. The number of nitrogens with one attached hydrogen (secondary N) is 3. The van der Waals surface area contributed by atoms with Gasteiger partial charge in [0.25, 0.3) is 11.8 Å². The minimum absolute atomic E-state index is 0.158. The van der Waals surface area contributed by atoms with Crippen LogP contribution >= 0.6 is 0 Å². The summed E-state index contributed by atoms with van der Waals surface area (Å²) in [5.41, 5.74) is 3.47.